The van der Waals surface area contributed by atoms with Crippen LogP contribution >= 0.6 is 0 Å². The predicted molar refractivity (Wildman–Crippen MR) is 132 cm³/mol. The molecule has 184 valence electrons. The zero-order valence-corrected chi connectivity index (χ0v) is 20.5. The van der Waals surface area contributed by atoms with Gasteiger partial charge in [0.25, 0.3) is 0 Å². The predicted octanol–water partition coefficient (Wildman–Crippen LogP) is 6.36. The SMILES string of the molecule is CC.COC(=O)c1cc2nc(-c3cccc(-c4ccc(F)cc4-c4nncn4C)c3)oc2c(C)c1F. The van der Waals surface area contributed by atoms with Crippen LogP contribution in [0.15, 0.2) is 59.3 Å². The lowest BCUT2D eigenvalue weighted by Gasteiger charge is -2.10. The molecular formula is C27H24F2N4O3. The van der Waals surface area contributed by atoms with Gasteiger partial charge < -0.3 is 13.7 Å². The number of fused-ring (bicyclic) bond motifs is 1. The number of hydrogen-bond donors (Lipinski definition) is 0. The van der Waals surface area contributed by atoms with Gasteiger partial charge in [-0.1, -0.05) is 32.0 Å². The molecule has 2 aromatic heterocycles. The van der Waals surface area contributed by atoms with Gasteiger partial charge in [0.15, 0.2) is 11.4 Å². The van der Waals surface area contributed by atoms with Crippen LogP contribution in [0, 0.1) is 18.6 Å². The summed E-state index contributed by atoms with van der Waals surface area (Å²) in [6.45, 7) is 5.52. The number of carbonyl (C=O) groups is 1. The number of aromatic nitrogens is 4. The third kappa shape index (κ3) is 4.35. The fourth-order valence-corrected chi connectivity index (χ4v) is 3.88. The summed E-state index contributed by atoms with van der Waals surface area (Å²) in [5.74, 6) is -1.13. The number of methoxy groups -OCH3 is 1. The second-order valence-corrected chi connectivity index (χ2v) is 7.76. The molecule has 36 heavy (non-hydrogen) atoms. The molecule has 0 saturated heterocycles. The molecule has 0 aliphatic carbocycles. The number of rotatable bonds is 4. The molecule has 5 rings (SSSR count). The minimum atomic E-state index is -0.790. The maximum absolute atomic E-state index is 14.7. The van der Waals surface area contributed by atoms with Crippen molar-refractivity contribution in [3.8, 4) is 34.0 Å². The van der Waals surface area contributed by atoms with Gasteiger partial charge in [0.05, 0.1) is 12.7 Å². The molecule has 0 bridgehead atoms. The Labute approximate surface area is 206 Å². The molecular weight excluding hydrogens is 466 g/mol. The van der Waals surface area contributed by atoms with E-state index >= 15 is 0 Å². The van der Waals surface area contributed by atoms with E-state index in [-0.39, 0.29) is 22.6 Å². The Hall–Kier alpha value is -4.40. The highest BCUT2D eigenvalue weighted by atomic mass is 19.1. The van der Waals surface area contributed by atoms with Crippen molar-refractivity contribution >= 4 is 17.1 Å². The fourth-order valence-electron chi connectivity index (χ4n) is 3.88. The van der Waals surface area contributed by atoms with Gasteiger partial charge in [-0.25, -0.2) is 18.6 Å². The van der Waals surface area contributed by atoms with Crippen LogP contribution in [-0.4, -0.2) is 32.8 Å². The second-order valence-electron chi connectivity index (χ2n) is 7.76. The minimum absolute atomic E-state index is 0.163. The lowest BCUT2D eigenvalue weighted by molar-refractivity contribution is 0.0595. The van der Waals surface area contributed by atoms with Crippen molar-refractivity contribution in [1.29, 1.82) is 0 Å². The molecule has 3 aromatic carbocycles. The topological polar surface area (TPSA) is 83.0 Å². The Morgan fingerprint density at radius 3 is 2.47 bits per heavy atom. The first-order valence-corrected chi connectivity index (χ1v) is 11.3. The molecule has 0 atom stereocenters. The maximum Gasteiger partial charge on any atom is 0.340 e. The lowest BCUT2D eigenvalue weighted by atomic mass is 9.97. The highest BCUT2D eigenvalue weighted by molar-refractivity contribution is 5.95. The molecule has 7 nitrogen and oxygen atoms in total. The van der Waals surface area contributed by atoms with Crippen LogP contribution in [0.3, 0.4) is 0 Å². The van der Waals surface area contributed by atoms with Gasteiger partial charge in [-0.3, -0.25) is 0 Å². The molecule has 0 aliphatic heterocycles. The van der Waals surface area contributed by atoms with Crippen LogP contribution in [-0.2, 0) is 11.8 Å². The fraction of sp³-hybridized carbons (Fsp3) is 0.185. The number of carbonyl (C=O) groups excluding carboxylic acids is 1. The van der Waals surface area contributed by atoms with Crippen molar-refractivity contribution in [3.63, 3.8) is 0 Å². The number of aryl methyl sites for hydroxylation is 2. The zero-order chi connectivity index (χ0) is 26.0. The molecule has 0 fully saturated rings. The summed E-state index contributed by atoms with van der Waals surface area (Å²) in [7, 11) is 2.97. The van der Waals surface area contributed by atoms with Gasteiger partial charge in [-0.2, -0.15) is 0 Å². The van der Waals surface area contributed by atoms with Gasteiger partial charge in [0.2, 0.25) is 5.89 Å². The monoisotopic (exact) mass is 490 g/mol. The van der Waals surface area contributed by atoms with Gasteiger partial charge in [0, 0.05) is 23.7 Å². The molecule has 2 heterocycles. The average Bonchev–Trinajstić information content (AvgIpc) is 3.53. The van der Waals surface area contributed by atoms with Crippen molar-refractivity contribution in [1.82, 2.24) is 19.7 Å². The van der Waals surface area contributed by atoms with E-state index in [1.807, 2.05) is 32.0 Å². The zero-order valence-electron chi connectivity index (χ0n) is 20.5. The third-order valence-electron chi connectivity index (χ3n) is 5.60. The van der Waals surface area contributed by atoms with Crippen LogP contribution in [0.25, 0.3) is 45.1 Å². The van der Waals surface area contributed by atoms with Gasteiger partial charge in [0.1, 0.15) is 23.5 Å². The first-order chi connectivity index (χ1) is 17.4. The van der Waals surface area contributed by atoms with E-state index in [0.29, 0.717) is 22.5 Å². The highest BCUT2D eigenvalue weighted by Crippen LogP contribution is 2.35. The maximum atomic E-state index is 14.7. The van der Waals surface area contributed by atoms with Gasteiger partial charge in [-0.15, -0.1) is 10.2 Å². The quantitative estimate of drug-likeness (QED) is 0.273. The average molecular weight is 491 g/mol. The smallest absolute Gasteiger partial charge is 0.340 e. The van der Waals surface area contributed by atoms with E-state index in [4.69, 9.17) is 4.42 Å². The van der Waals surface area contributed by atoms with Gasteiger partial charge >= 0.3 is 5.97 Å². The summed E-state index contributed by atoms with van der Waals surface area (Å²) in [4.78, 5) is 16.4. The number of nitrogens with zero attached hydrogens (tertiary/aromatic N) is 4. The van der Waals surface area contributed by atoms with Crippen LogP contribution in [0.2, 0.25) is 0 Å². The molecule has 0 radical (unpaired) electrons. The number of benzene rings is 3. The van der Waals surface area contributed by atoms with Gasteiger partial charge in [-0.05, 0) is 48.4 Å². The molecule has 0 N–H and O–H groups in total. The Kier molecular flexibility index (Phi) is 6.91. The van der Waals surface area contributed by atoms with E-state index in [1.54, 1.807) is 30.1 Å². The summed E-state index contributed by atoms with van der Waals surface area (Å²) in [5.41, 5.74) is 3.25. The van der Waals surface area contributed by atoms with Crippen molar-refractivity contribution in [2.24, 2.45) is 7.05 Å². The number of hydrogen-bond acceptors (Lipinski definition) is 6. The van der Waals surface area contributed by atoms with Crippen LogP contribution < -0.4 is 0 Å². The van der Waals surface area contributed by atoms with Crippen LogP contribution in [0.1, 0.15) is 29.8 Å². The van der Waals surface area contributed by atoms with Crippen molar-refractivity contribution < 1.29 is 22.7 Å². The Morgan fingerprint density at radius 1 is 1.03 bits per heavy atom. The first-order valence-electron chi connectivity index (χ1n) is 11.3. The van der Waals surface area contributed by atoms with Crippen molar-refractivity contribution in [2.75, 3.05) is 7.11 Å². The minimum Gasteiger partial charge on any atom is -0.465 e. The molecule has 0 amide bonds. The van der Waals surface area contributed by atoms with E-state index in [2.05, 4.69) is 19.9 Å². The summed E-state index contributed by atoms with van der Waals surface area (Å²) in [6, 6.07) is 13.1. The molecule has 9 heteroatoms. The number of oxazole rings is 1. The normalized spacial score (nSPS) is 10.8. The second kappa shape index (κ2) is 10.1. The Bertz CT molecular complexity index is 1570. The summed E-state index contributed by atoms with van der Waals surface area (Å²) in [6.07, 6.45) is 1.54. The lowest BCUT2D eigenvalue weighted by Crippen LogP contribution is -2.05. The highest BCUT2D eigenvalue weighted by Gasteiger charge is 2.21. The van der Waals surface area contributed by atoms with Crippen LogP contribution in [0.5, 0.6) is 0 Å². The molecule has 5 aromatic rings. The third-order valence-corrected chi connectivity index (χ3v) is 5.60. The van der Waals surface area contributed by atoms with E-state index in [9.17, 15) is 13.6 Å². The van der Waals surface area contributed by atoms with E-state index < -0.39 is 17.6 Å². The first kappa shape index (κ1) is 24.7. The van der Waals surface area contributed by atoms with Crippen LogP contribution in [0.4, 0.5) is 8.78 Å². The molecule has 0 spiro atoms. The molecule has 0 saturated carbocycles. The van der Waals surface area contributed by atoms with Crippen molar-refractivity contribution in [3.05, 3.63) is 77.6 Å². The number of ether oxygens (including phenoxy) is 1. The number of halogens is 2. The van der Waals surface area contributed by atoms with E-state index in [1.165, 1.54) is 32.2 Å². The Balaban J connectivity index is 0.00000148. The largest absolute Gasteiger partial charge is 0.465 e. The summed E-state index contributed by atoms with van der Waals surface area (Å²) in [5, 5.41) is 8.01. The number of esters is 1. The standard InChI is InChI=1S/C25H18F2N4O3.C2H6/c1-13-21(27)19(25(32)33-3)11-20-22(13)34-24(29-20)15-6-4-5-14(9-15)17-8-7-16(26)10-18(17)23-30-28-12-31(23)2;1-2/h4-12H,1-3H3;1-2H3. The van der Waals surface area contributed by atoms with Crippen molar-refractivity contribution in [2.45, 2.75) is 20.8 Å². The van der Waals surface area contributed by atoms with E-state index in [0.717, 1.165) is 11.1 Å². The summed E-state index contributed by atoms with van der Waals surface area (Å²) >= 11 is 0. The Morgan fingerprint density at radius 2 is 1.78 bits per heavy atom. The summed E-state index contributed by atoms with van der Waals surface area (Å²) < 4.78 is 41.0. The molecule has 0 aliphatic rings. The molecule has 0 unspecified atom stereocenters.